The number of alkyl halides is 2. The molecule has 4 heterocycles. The van der Waals surface area contributed by atoms with Gasteiger partial charge in [-0.15, -0.1) is 0 Å². The number of imidazole rings is 2. The maximum Gasteiger partial charge on any atom is 0.407 e. The first-order chi connectivity index (χ1) is 30.6. The van der Waals surface area contributed by atoms with Gasteiger partial charge in [0.15, 0.2) is 0 Å². The van der Waals surface area contributed by atoms with Crippen LogP contribution in [0.15, 0.2) is 60.8 Å². The lowest BCUT2D eigenvalue weighted by Crippen LogP contribution is -2.54. The zero-order valence-corrected chi connectivity index (χ0v) is 37.0. The van der Waals surface area contributed by atoms with Crippen LogP contribution < -0.4 is 10.6 Å². The molecule has 4 N–H and O–H groups in total. The summed E-state index contributed by atoms with van der Waals surface area (Å²) in [5, 5.41) is 5.40. The average Bonchev–Trinajstić information content (AvgIpc) is 4.15. The molecular weight excluding hydrogens is 823 g/mol. The van der Waals surface area contributed by atoms with Crippen molar-refractivity contribution in [3.8, 4) is 33.5 Å². The van der Waals surface area contributed by atoms with Crippen LogP contribution in [0.4, 0.5) is 18.4 Å². The first-order valence-electron chi connectivity index (χ1n) is 22.1. The van der Waals surface area contributed by atoms with E-state index in [0.717, 1.165) is 30.3 Å². The summed E-state index contributed by atoms with van der Waals surface area (Å²) in [5.74, 6) is -2.44. The number of halogens is 2. The summed E-state index contributed by atoms with van der Waals surface area (Å²) in [5.41, 5.74) is 4.61. The number of H-pyrrole nitrogens is 2. The number of benzene rings is 3. The summed E-state index contributed by atoms with van der Waals surface area (Å²) in [6.07, 6.45) is 3.63. The lowest BCUT2D eigenvalue weighted by molar-refractivity contribution is -0.139. The number of hydrogen-bond donors (Lipinski definition) is 4. The van der Waals surface area contributed by atoms with Crippen molar-refractivity contribution in [1.82, 2.24) is 40.4 Å². The third-order valence-electron chi connectivity index (χ3n) is 13.8. The van der Waals surface area contributed by atoms with Gasteiger partial charge in [0.05, 0.1) is 49.2 Å². The van der Waals surface area contributed by atoms with Gasteiger partial charge in [0.2, 0.25) is 11.8 Å². The van der Waals surface area contributed by atoms with Crippen LogP contribution >= 0.6 is 0 Å². The number of methoxy groups -OCH3 is 2. The second-order valence-corrected chi connectivity index (χ2v) is 18.6. The second-order valence-electron chi connectivity index (χ2n) is 18.6. The molecule has 7 unspecified atom stereocenters. The predicted molar refractivity (Wildman–Crippen MR) is 235 cm³/mol. The summed E-state index contributed by atoms with van der Waals surface area (Å²) in [6.45, 7) is 10.0. The zero-order chi connectivity index (χ0) is 45.4. The van der Waals surface area contributed by atoms with Gasteiger partial charge in [-0.25, -0.2) is 19.6 Å². The molecule has 1 saturated carbocycles. The van der Waals surface area contributed by atoms with Gasteiger partial charge < -0.3 is 39.9 Å². The van der Waals surface area contributed by atoms with Crippen molar-refractivity contribution in [3.63, 3.8) is 0 Å². The van der Waals surface area contributed by atoms with Crippen LogP contribution in [0.1, 0.15) is 95.2 Å². The molecule has 2 bridgehead atoms. The first kappa shape index (κ1) is 43.0. The molecule has 2 aliphatic heterocycles. The van der Waals surface area contributed by atoms with E-state index < -0.39 is 30.2 Å². The summed E-state index contributed by atoms with van der Waals surface area (Å²) >= 11 is 0. The van der Waals surface area contributed by atoms with E-state index in [-0.39, 0.29) is 64.7 Å². The Kier molecular flexibility index (Phi) is 11.0. The molecule has 3 aromatic carbocycles. The quantitative estimate of drug-likeness (QED) is 0.108. The Morgan fingerprint density at radius 2 is 1.39 bits per heavy atom. The highest BCUT2D eigenvalue weighted by atomic mass is 19.3. The Labute approximate surface area is 369 Å². The van der Waals surface area contributed by atoms with Gasteiger partial charge in [-0.1, -0.05) is 65.0 Å². The molecule has 2 saturated heterocycles. The number of alkyl carbamates (subject to hydrolysis) is 2. The predicted octanol–water partition coefficient (Wildman–Crippen LogP) is 8.46. The van der Waals surface area contributed by atoms with E-state index in [1.54, 1.807) is 35.4 Å². The average molecular weight is 877 g/mol. The molecule has 4 amide bonds. The van der Waals surface area contributed by atoms with Crippen LogP contribution in [0.2, 0.25) is 0 Å². The smallest absolute Gasteiger partial charge is 0.407 e. The highest BCUT2D eigenvalue weighted by Gasteiger charge is 2.52. The normalized spacial score (nSPS) is 22.8. The number of piperidine rings is 1. The van der Waals surface area contributed by atoms with Gasteiger partial charge in [-0.05, 0) is 95.9 Å². The van der Waals surface area contributed by atoms with Crippen LogP contribution in [0.25, 0.3) is 44.5 Å². The third kappa shape index (κ3) is 7.33. The van der Waals surface area contributed by atoms with E-state index in [0.29, 0.717) is 58.1 Å². The van der Waals surface area contributed by atoms with Crippen LogP contribution in [0.3, 0.4) is 0 Å². The third-order valence-corrected chi connectivity index (χ3v) is 13.8. The molecular formula is C48H54F2N8O6. The minimum Gasteiger partial charge on any atom is -0.453 e. The number of carbonyl (C=O) groups excluding carboxylic acids is 4. The van der Waals surface area contributed by atoms with Crippen molar-refractivity contribution in [2.75, 3.05) is 20.8 Å². The van der Waals surface area contributed by atoms with Gasteiger partial charge in [0.25, 0.3) is 5.92 Å². The van der Waals surface area contributed by atoms with Crippen molar-refractivity contribution < 1.29 is 37.4 Å². The fourth-order valence-corrected chi connectivity index (χ4v) is 10.5. The molecule has 2 aromatic heterocycles. The van der Waals surface area contributed by atoms with Crippen molar-refractivity contribution in [1.29, 1.82) is 0 Å². The molecule has 16 heteroatoms. The fourth-order valence-electron chi connectivity index (χ4n) is 10.5. The van der Waals surface area contributed by atoms with Crippen LogP contribution in [-0.2, 0) is 25.0 Å². The van der Waals surface area contributed by atoms with E-state index in [2.05, 4.69) is 32.5 Å². The monoisotopic (exact) mass is 876 g/mol. The van der Waals surface area contributed by atoms with Crippen molar-refractivity contribution in [2.45, 2.75) is 96.4 Å². The van der Waals surface area contributed by atoms with Crippen LogP contribution in [0, 0.1) is 23.7 Å². The van der Waals surface area contributed by atoms with Gasteiger partial charge in [-0.2, -0.15) is 8.78 Å². The van der Waals surface area contributed by atoms with E-state index in [1.165, 1.54) is 20.3 Å². The summed E-state index contributed by atoms with van der Waals surface area (Å²) < 4.78 is 42.8. The SMILES string of the molecule is COC(=O)NC(C(=O)N1CC(C)CC1c1ncc(-c2ccc3c(c2)C(F)(F)c2cc(-c4ccc5nc(C6C7CCC(C7)N6C(=O)C(NC(=O)OC)C(C)C)[nH]c5c4)ccc2-3)[nH]1)C(C)C. The number of aromatic amines is 2. The number of nitrogens with one attached hydrogen (secondary N) is 4. The van der Waals surface area contributed by atoms with E-state index in [4.69, 9.17) is 14.5 Å². The van der Waals surface area contributed by atoms with Crippen molar-refractivity contribution >= 4 is 35.0 Å². The number of ether oxygens (including phenoxy) is 2. The molecule has 336 valence electrons. The van der Waals surface area contributed by atoms with E-state index in [1.807, 2.05) is 56.9 Å². The molecule has 0 radical (unpaired) electrons. The number of carbonyl (C=O) groups is 4. The number of fused-ring (bicyclic) bond motifs is 6. The molecule has 14 nitrogen and oxygen atoms in total. The minimum atomic E-state index is -3.29. The Morgan fingerprint density at radius 1 is 0.781 bits per heavy atom. The van der Waals surface area contributed by atoms with E-state index in [9.17, 15) is 19.2 Å². The maximum atomic E-state index is 16.6. The van der Waals surface area contributed by atoms with Gasteiger partial charge in [-0.3, -0.25) is 9.59 Å². The molecule has 64 heavy (non-hydrogen) atoms. The highest BCUT2D eigenvalue weighted by Crippen LogP contribution is 2.53. The molecule has 5 aromatic rings. The standard InChI is InChI=1S/C48H54F2N8O6/c1-23(2)39(55-46(61)63-6)44(59)57-22-25(5)16-38(57)42-51-21-37(54-42)28-10-14-32-31-13-9-26(18-33(31)48(49,50)34(32)19-28)27-11-15-35-36(20-27)53-43(52-35)41-29-8-12-30(17-29)58(41)45(60)40(24(3)4)56-47(62)64-7/h9-11,13-15,18-21,23-25,29-30,38-41H,8,12,16-17,22H2,1-7H3,(H,51,54)(H,52,53)(H,55,61)(H,56,62). The Balaban J connectivity index is 0.956. The lowest BCUT2D eigenvalue weighted by Gasteiger charge is -2.37. The van der Waals surface area contributed by atoms with Crippen LogP contribution in [0.5, 0.6) is 0 Å². The highest BCUT2D eigenvalue weighted by molar-refractivity contribution is 5.89. The number of amides is 4. The Bertz CT molecular complexity index is 2660. The maximum absolute atomic E-state index is 16.6. The number of aromatic nitrogens is 4. The van der Waals surface area contributed by atoms with Gasteiger partial charge in [0, 0.05) is 29.3 Å². The second kappa shape index (κ2) is 16.3. The number of rotatable bonds is 10. The van der Waals surface area contributed by atoms with Gasteiger partial charge >= 0.3 is 12.2 Å². The van der Waals surface area contributed by atoms with Gasteiger partial charge in [0.1, 0.15) is 23.7 Å². The van der Waals surface area contributed by atoms with Crippen molar-refractivity contribution in [3.05, 3.63) is 83.6 Å². The Hall–Kier alpha value is -6.32. The van der Waals surface area contributed by atoms with Crippen LogP contribution in [-0.4, -0.2) is 92.6 Å². The number of likely N-dealkylation sites (tertiary alicyclic amines) is 2. The number of hydrogen-bond acceptors (Lipinski definition) is 8. The first-order valence-corrected chi connectivity index (χ1v) is 22.1. The molecule has 0 spiro atoms. The molecule has 9 rings (SSSR count). The summed E-state index contributed by atoms with van der Waals surface area (Å²) in [7, 11) is 2.53. The topological polar surface area (TPSA) is 175 Å². The lowest BCUT2D eigenvalue weighted by atomic mass is 9.95. The number of nitrogens with zero attached hydrogens (tertiary/aromatic N) is 4. The minimum absolute atomic E-state index is 0.0446. The molecule has 2 aliphatic carbocycles. The van der Waals surface area contributed by atoms with E-state index >= 15 is 8.78 Å². The molecule has 7 atom stereocenters. The summed E-state index contributed by atoms with van der Waals surface area (Å²) in [4.78, 5) is 72.1. The molecule has 3 fully saturated rings. The zero-order valence-electron chi connectivity index (χ0n) is 37.0. The fraction of sp³-hybridized carbons (Fsp3) is 0.458. The summed E-state index contributed by atoms with van der Waals surface area (Å²) in [6, 6.07) is 13.7. The molecule has 4 aliphatic rings. The Morgan fingerprint density at radius 3 is 2.05 bits per heavy atom. The largest absolute Gasteiger partial charge is 0.453 e. The van der Waals surface area contributed by atoms with Crippen molar-refractivity contribution in [2.24, 2.45) is 23.7 Å².